The van der Waals surface area contributed by atoms with Gasteiger partial charge in [0.25, 0.3) is 0 Å². The fourth-order valence-corrected chi connectivity index (χ4v) is 2.51. The summed E-state index contributed by atoms with van der Waals surface area (Å²) >= 11 is 1.26. The van der Waals surface area contributed by atoms with Crippen molar-refractivity contribution in [3.8, 4) is 5.75 Å². The van der Waals surface area contributed by atoms with Crippen LogP contribution in [0, 0.1) is 0 Å². The molecule has 3 heteroatoms. The van der Waals surface area contributed by atoms with Crippen LogP contribution in [-0.2, 0) is 11.8 Å². The SMILES string of the molecule is COc1ccc(C(=O)CC(C)[SH+]C)c2ccccc12. The Hall–Kier alpha value is -1.48. The number of thiol groups is 1. The molecule has 0 aliphatic carbocycles. The molecule has 0 amide bonds. The molecular weight excluding hydrogens is 256 g/mol. The molecule has 0 fully saturated rings. The first-order valence-electron chi connectivity index (χ1n) is 6.35. The molecule has 0 aliphatic rings. The molecule has 2 aromatic rings. The Balaban J connectivity index is 2.47. The first-order valence-corrected chi connectivity index (χ1v) is 7.76. The number of ether oxygens (including phenoxy) is 1. The van der Waals surface area contributed by atoms with Crippen LogP contribution in [0.2, 0.25) is 0 Å². The molecule has 0 heterocycles. The van der Waals surface area contributed by atoms with E-state index in [-0.39, 0.29) is 5.78 Å². The van der Waals surface area contributed by atoms with Gasteiger partial charge in [-0.15, -0.1) is 0 Å². The van der Waals surface area contributed by atoms with Crippen molar-refractivity contribution in [2.45, 2.75) is 18.6 Å². The van der Waals surface area contributed by atoms with Crippen LogP contribution < -0.4 is 4.74 Å². The van der Waals surface area contributed by atoms with Crippen molar-refractivity contribution < 1.29 is 9.53 Å². The van der Waals surface area contributed by atoms with Gasteiger partial charge in [-0.05, 0) is 36.2 Å². The van der Waals surface area contributed by atoms with Gasteiger partial charge in [0.05, 0.1) is 19.8 Å². The van der Waals surface area contributed by atoms with Gasteiger partial charge in [0.15, 0.2) is 5.78 Å². The summed E-state index contributed by atoms with van der Waals surface area (Å²) in [5, 5.41) is 2.37. The predicted molar refractivity (Wildman–Crippen MR) is 83.6 cm³/mol. The molecule has 0 aliphatic heterocycles. The Morgan fingerprint density at radius 1 is 1.21 bits per heavy atom. The maximum atomic E-state index is 12.4. The second kappa shape index (κ2) is 6.11. The summed E-state index contributed by atoms with van der Waals surface area (Å²) in [4.78, 5) is 12.4. The molecule has 0 saturated heterocycles. The van der Waals surface area contributed by atoms with Gasteiger partial charge in [-0.2, -0.15) is 0 Å². The minimum Gasteiger partial charge on any atom is -0.496 e. The van der Waals surface area contributed by atoms with Crippen molar-refractivity contribution in [3.63, 3.8) is 0 Å². The van der Waals surface area contributed by atoms with Crippen LogP contribution in [0.3, 0.4) is 0 Å². The number of hydrogen-bond acceptors (Lipinski definition) is 2. The summed E-state index contributed by atoms with van der Waals surface area (Å²) in [7, 11) is 1.65. The smallest absolute Gasteiger partial charge is 0.168 e. The summed E-state index contributed by atoms with van der Waals surface area (Å²) in [5.41, 5.74) is 0.798. The molecule has 2 nitrogen and oxygen atoms in total. The van der Waals surface area contributed by atoms with Crippen molar-refractivity contribution in [1.82, 2.24) is 0 Å². The highest BCUT2D eigenvalue weighted by molar-refractivity contribution is 7.78. The van der Waals surface area contributed by atoms with Gasteiger partial charge in [0, 0.05) is 10.9 Å². The predicted octanol–water partition coefficient (Wildman–Crippen LogP) is 3.25. The topological polar surface area (TPSA) is 26.3 Å². The number of fused-ring (bicyclic) bond motifs is 1. The minimum absolute atomic E-state index is 0.209. The highest BCUT2D eigenvalue weighted by Crippen LogP contribution is 2.29. The molecule has 0 saturated carbocycles. The quantitative estimate of drug-likeness (QED) is 0.475. The Labute approximate surface area is 118 Å². The zero-order valence-corrected chi connectivity index (χ0v) is 12.4. The van der Waals surface area contributed by atoms with E-state index in [0.717, 1.165) is 22.1 Å². The zero-order valence-electron chi connectivity index (χ0n) is 11.5. The number of carbonyl (C=O) groups is 1. The van der Waals surface area contributed by atoms with E-state index in [2.05, 4.69) is 13.2 Å². The Kier molecular flexibility index (Phi) is 4.48. The molecule has 0 aromatic heterocycles. The number of methoxy groups -OCH3 is 1. The lowest BCUT2D eigenvalue weighted by atomic mass is 9.98. The molecule has 19 heavy (non-hydrogen) atoms. The van der Waals surface area contributed by atoms with Crippen LogP contribution in [0.15, 0.2) is 36.4 Å². The fourth-order valence-electron chi connectivity index (χ4n) is 2.16. The van der Waals surface area contributed by atoms with Crippen LogP contribution in [0.5, 0.6) is 5.75 Å². The van der Waals surface area contributed by atoms with E-state index >= 15 is 0 Å². The minimum atomic E-state index is 0.209. The molecule has 0 bridgehead atoms. The standard InChI is InChI=1S/C16H18O2S/c1-11(19-3)10-15(17)13-8-9-16(18-2)14-7-5-4-6-12(13)14/h4-9,11H,10H2,1-3H3/p+1. The highest BCUT2D eigenvalue weighted by Gasteiger charge is 2.17. The maximum Gasteiger partial charge on any atom is 0.168 e. The average Bonchev–Trinajstić information content (AvgIpc) is 2.45. The van der Waals surface area contributed by atoms with E-state index in [9.17, 15) is 4.79 Å². The number of Topliss-reactive ketones (excluding diaryl/α,β-unsaturated/α-hetero) is 1. The second-order valence-corrected chi connectivity index (χ2v) is 5.99. The van der Waals surface area contributed by atoms with Gasteiger partial charge in [0.2, 0.25) is 0 Å². The normalized spacial score (nSPS) is 12.4. The summed E-state index contributed by atoms with van der Waals surface area (Å²) in [5.74, 6) is 1.02. The van der Waals surface area contributed by atoms with Gasteiger partial charge in [0.1, 0.15) is 11.0 Å². The lowest BCUT2D eigenvalue weighted by molar-refractivity contribution is 0.0985. The first kappa shape index (κ1) is 13.9. The number of rotatable bonds is 5. The van der Waals surface area contributed by atoms with Crippen molar-refractivity contribution in [2.75, 3.05) is 13.4 Å². The lowest BCUT2D eigenvalue weighted by Gasteiger charge is -2.10. The second-order valence-electron chi connectivity index (χ2n) is 4.60. The summed E-state index contributed by atoms with van der Waals surface area (Å²) in [6.45, 7) is 2.10. The number of carbonyl (C=O) groups excluding carboxylic acids is 1. The van der Waals surface area contributed by atoms with E-state index in [1.165, 1.54) is 11.8 Å². The summed E-state index contributed by atoms with van der Waals surface area (Å²) in [6, 6.07) is 11.7. The molecule has 2 aromatic carbocycles. The largest absolute Gasteiger partial charge is 0.496 e. The first-order chi connectivity index (χ1) is 9.17. The van der Waals surface area contributed by atoms with Gasteiger partial charge in [-0.1, -0.05) is 24.3 Å². The molecule has 0 spiro atoms. The van der Waals surface area contributed by atoms with Crippen LogP contribution in [0.4, 0.5) is 0 Å². The van der Waals surface area contributed by atoms with E-state index in [0.29, 0.717) is 11.7 Å². The highest BCUT2D eigenvalue weighted by atomic mass is 32.2. The van der Waals surface area contributed by atoms with Crippen LogP contribution in [0.25, 0.3) is 10.8 Å². The van der Waals surface area contributed by atoms with Crippen LogP contribution >= 0.6 is 0 Å². The number of hydrogen-bond donors (Lipinski definition) is 0. The van der Waals surface area contributed by atoms with Gasteiger partial charge in [-0.25, -0.2) is 0 Å². The van der Waals surface area contributed by atoms with E-state index in [1.54, 1.807) is 7.11 Å². The third-order valence-corrected chi connectivity index (χ3v) is 4.39. The van der Waals surface area contributed by atoms with E-state index < -0.39 is 0 Å². The summed E-state index contributed by atoms with van der Waals surface area (Å²) in [6.07, 6.45) is 2.68. The van der Waals surface area contributed by atoms with Crippen molar-refractivity contribution in [1.29, 1.82) is 0 Å². The van der Waals surface area contributed by atoms with Gasteiger partial charge < -0.3 is 4.74 Å². The third kappa shape index (κ3) is 2.92. The van der Waals surface area contributed by atoms with E-state index in [4.69, 9.17) is 4.74 Å². The molecule has 100 valence electrons. The third-order valence-electron chi connectivity index (χ3n) is 3.33. The maximum absolute atomic E-state index is 12.4. The van der Waals surface area contributed by atoms with Crippen molar-refractivity contribution in [3.05, 3.63) is 42.0 Å². The molecule has 1 unspecified atom stereocenters. The van der Waals surface area contributed by atoms with Crippen molar-refractivity contribution in [2.24, 2.45) is 0 Å². The zero-order chi connectivity index (χ0) is 13.8. The monoisotopic (exact) mass is 275 g/mol. The summed E-state index contributed by atoms with van der Waals surface area (Å²) < 4.78 is 5.35. The van der Waals surface area contributed by atoms with Crippen LogP contribution in [0.1, 0.15) is 23.7 Å². The molecular formula is C16H19O2S+. The van der Waals surface area contributed by atoms with E-state index in [1.807, 2.05) is 36.4 Å². The lowest BCUT2D eigenvalue weighted by Crippen LogP contribution is -2.12. The molecule has 0 radical (unpaired) electrons. The van der Waals surface area contributed by atoms with Gasteiger partial charge >= 0.3 is 0 Å². The Bertz CT molecular complexity index is 592. The Morgan fingerprint density at radius 3 is 2.53 bits per heavy atom. The number of benzene rings is 2. The fraction of sp³-hybridized carbons (Fsp3) is 0.312. The van der Waals surface area contributed by atoms with Crippen molar-refractivity contribution >= 4 is 28.3 Å². The average molecular weight is 275 g/mol. The molecule has 1 atom stereocenters. The Morgan fingerprint density at radius 2 is 1.89 bits per heavy atom. The molecule has 2 rings (SSSR count). The van der Waals surface area contributed by atoms with Gasteiger partial charge in [-0.3, -0.25) is 4.79 Å². The number of ketones is 1. The van der Waals surface area contributed by atoms with Crippen LogP contribution in [-0.4, -0.2) is 24.4 Å². The molecule has 0 N–H and O–H groups in total.